The summed E-state index contributed by atoms with van der Waals surface area (Å²) in [6, 6.07) is 13.2. The first kappa shape index (κ1) is 16.1. The van der Waals surface area contributed by atoms with E-state index in [-0.39, 0.29) is 12.3 Å². The number of hydrogen-bond acceptors (Lipinski definition) is 5. The van der Waals surface area contributed by atoms with E-state index < -0.39 is 0 Å². The number of methoxy groups -OCH3 is 1. The molecule has 0 bridgehead atoms. The molecule has 0 atom stereocenters. The van der Waals surface area contributed by atoms with Gasteiger partial charge in [-0.25, -0.2) is 9.97 Å². The molecular formula is C18H17N3O2S. The van der Waals surface area contributed by atoms with Gasteiger partial charge in [0.15, 0.2) is 0 Å². The van der Waals surface area contributed by atoms with Crippen LogP contribution in [0.5, 0.6) is 5.75 Å². The Labute approximate surface area is 144 Å². The van der Waals surface area contributed by atoms with Crippen LogP contribution >= 0.6 is 11.3 Å². The summed E-state index contributed by atoms with van der Waals surface area (Å²) in [5, 5.41) is 5.58. The molecule has 0 aliphatic heterocycles. The summed E-state index contributed by atoms with van der Waals surface area (Å²) in [6.07, 6.45) is 0.224. The van der Waals surface area contributed by atoms with Crippen LogP contribution in [0.15, 0.2) is 47.8 Å². The summed E-state index contributed by atoms with van der Waals surface area (Å²) in [5.41, 5.74) is 2.62. The first-order valence-corrected chi connectivity index (χ1v) is 8.34. The van der Waals surface area contributed by atoms with Crippen molar-refractivity contribution in [2.24, 2.45) is 0 Å². The van der Waals surface area contributed by atoms with Gasteiger partial charge in [-0.05, 0) is 43.3 Å². The van der Waals surface area contributed by atoms with Gasteiger partial charge in [-0.15, -0.1) is 11.3 Å². The maximum absolute atomic E-state index is 12.1. The number of pyridine rings is 1. The number of benzene rings is 1. The van der Waals surface area contributed by atoms with Crippen LogP contribution in [0.1, 0.15) is 11.4 Å². The van der Waals surface area contributed by atoms with Gasteiger partial charge in [-0.1, -0.05) is 6.07 Å². The lowest BCUT2D eigenvalue weighted by Gasteiger charge is -2.03. The van der Waals surface area contributed by atoms with Crippen LogP contribution in [0, 0.1) is 6.92 Å². The number of aromatic nitrogens is 2. The third-order valence-electron chi connectivity index (χ3n) is 3.39. The average Bonchev–Trinajstić information content (AvgIpc) is 3.03. The van der Waals surface area contributed by atoms with Gasteiger partial charge in [0.25, 0.3) is 0 Å². The van der Waals surface area contributed by atoms with Crippen LogP contribution < -0.4 is 10.1 Å². The van der Waals surface area contributed by atoms with Crippen LogP contribution in [0.4, 0.5) is 5.82 Å². The molecule has 0 fully saturated rings. The minimum absolute atomic E-state index is 0.125. The summed E-state index contributed by atoms with van der Waals surface area (Å²) in [6.45, 7) is 1.89. The normalized spacial score (nSPS) is 10.4. The van der Waals surface area contributed by atoms with Gasteiger partial charge in [-0.3, -0.25) is 4.79 Å². The first-order chi connectivity index (χ1) is 11.6. The van der Waals surface area contributed by atoms with Gasteiger partial charge in [0, 0.05) is 16.6 Å². The molecule has 0 aliphatic rings. The predicted molar refractivity (Wildman–Crippen MR) is 95.4 cm³/mol. The van der Waals surface area contributed by atoms with Crippen molar-refractivity contribution in [1.29, 1.82) is 0 Å². The van der Waals surface area contributed by atoms with Crippen LogP contribution in [-0.4, -0.2) is 23.0 Å². The Morgan fingerprint density at radius 3 is 2.67 bits per heavy atom. The highest BCUT2D eigenvalue weighted by atomic mass is 32.1. The second-order valence-corrected chi connectivity index (χ2v) is 6.12. The molecule has 6 heteroatoms. The van der Waals surface area contributed by atoms with E-state index in [1.54, 1.807) is 13.2 Å². The van der Waals surface area contributed by atoms with Crippen molar-refractivity contribution < 1.29 is 9.53 Å². The van der Waals surface area contributed by atoms with Crippen LogP contribution in [0.25, 0.3) is 10.6 Å². The number of aryl methyl sites for hydroxylation is 1. The summed E-state index contributed by atoms with van der Waals surface area (Å²) >= 11 is 1.52. The molecule has 0 unspecified atom stereocenters. The summed E-state index contributed by atoms with van der Waals surface area (Å²) < 4.78 is 5.15. The van der Waals surface area contributed by atoms with Crippen LogP contribution in [-0.2, 0) is 11.2 Å². The van der Waals surface area contributed by atoms with Crippen LogP contribution in [0.3, 0.4) is 0 Å². The minimum atomic E-state index is -0.125. The number of thiazole rings is 1. The van der Waals surface area contributed by atoms with E-state index in [1.807, 2.05) is 48.7 Å². The van der Waals surface area contributed by atoms with E-state index in [2.05, 4.69) is 15.3 Å². The maximum atomic E-state index is 12.1. The second-order valence-electron chi connectivity index (χ2n) is 5.26. The molecule has 0 saturated heterocycles. The zero-order valence-corrected chi connectivity index (χ0v) is 14.3. The standard InChI is InChI=1S/C18H17N3O2S/c1-12-4-3-5-16(19-12)21-17(22)10-14-11-24-18(20-14)13-6-8-15(23-2)9-7-13/h3-9,11H,10H2,1-2H3,(H,19,21,22). The molecule has 122 valence electrons. The number of nitrogens with zero attached hydrogens (tertiary/aromatic N) is 2. The Morgan fingerprint density at radius 1 is 1.17 bits per heavy atom. The van der Waals surface area contributed by atoms with E-state index in [0.717, 1.165) is 27.7 Å². The number of carbonyl (C=O) groups excluding carboxylic acids is 1. The number of carbonyl (C=O) groups is 1. The lowest BCUT2D eigenvalue weighted by atomic mass is 10.2. The van der Waals surface area contributed by atoms with Crippen molar-refractivity contribution in [2.45, 2.75) is 13.3 Å². The maximum Gasteiger partial charge on any atom is 0.231 e. The molecular weight excluding hydrogens is 322 g/mol. The van der Waals surface area contributed by atoms with Crippen molar-refractivity contribution >= 4 is 23.1 Å². The molecule has 0 spiro atoms. The molecule has 1 amide bonds. The fraction of sp³-hybridized carbons (Fsp3) is 0.167. The van der Waals surface area contributed by atoms with Crippen LogP contribution in [0.2, 0.25) is 0 Å². The molecule has 2 aromatic heterocycles. The van der Waals surface area contributed by atoms with Gasteiger partial charge in [0.2, 0.25) is 5.91 Å². The van der Waals surface area contributed by atoms with Crippen molar-refractivity contribution in [1.82, 2.24) is 9.97 Å². The smallest absolute Gasteiger partial charge is 0.231 e. The second kappa shape index (κ2) is 7.23. The zero-order chi connectivity index (χ0) is 16.9. The monoisotopic (exact) mass is 339 g/mol. The van der Waals surface area contributed by atoms with Crippen molar-refractivity contribution in [2.75, 3.05) is 12.4 Å². The number of ether oxygens (including phenoxy) is 1. The summed E-state index contributed by atoms with van der Waals surface area (Å²) in [7, 11) is 1.64. The lowest BCUT2D eigenvalue weighted by Crippen LogP contribution is -2.15. The highest BCUT2D eigenvalue weighted by Gasteiger charge is 2.10. The molecule has 24 heavy (non-hydrogen) atoms. The van der Waals surface area contributed by atoms with E-state index in [1.165, 1.54) is 11.3 Å². The highest BCUT2D eigenvalue weighted by molar-refractivity contribution is 7.13. The summed E-state index contributed by atoms with van der Waals surface area (Å²) in [5.74, 6) is 1.24. The number of nitrogens with one attached hydrogen (secondary N) is 1. The van der Waals surface area contributed by atoms with E-state index in [0.29, 0.717) is 5.82 Å². The topological polar surface area (TPSA) is 64.1 Å². The predicted octanol–water partition coefficient (Wildman–Crippen LogP) is 3.70. The Morgan fingerprint density at radius 2 is 1.96 bits per heavy atom. The molecule has 0 radical (unpaired) electrons. The quantitative estimate of drug-likeness (QED) is 0.770. The molecule has 2 heterocycles. The van der Waals surface area contributed by atoms with Gasteiger partial charge in [0.1, 0.15) is 16.6 Å². The molecule has 3 aromatic rings. The largest absolute Gasteiger partial charge is 0.497 e. The van der Waals surface area contributed by atoms with E-state index in [9.17, 15) is 4.79 Å². The minimum Gasteiger partial charge on any atom is -0.497 e. The molecule has 5 nitrogen and oxygen atoms in total. The number of amides is 1. The number of hydrogen-bond donors (Lipinski definition) is 1. The van der Waals surface area contributed by atoms with Crippen molar-refractivity contribution in [3.05, 3.63) is 59.2 Å². The Kier molecular flexibility index (Phi) is 4.86. The Hall–Kier alpha value is -2.73. The number of anilines is 1. The van der Waals surface area contributed by atoms with Gasteiger partial charge in [-0.2, -0.15) is 0 Å². The number of rotatable bonds is 5. The third-order valence-corrected chi connectivity index (χ3v) is 4.33. The Balaban J connectivity index is 1.65. The van der Waals surface area contributed by atoms with E-state index in [4.69, 9.17) is 4.74 Å². The average molecular weight is 339 g/mol. The SMILES string of the molecule is COc1ccc(-c2nc(CC(=O)Nc3cccc(C)n3)cs2)cc1. The first-order valence-electron chi connectivity index (χ1n) is 7.46. The molecule has 0 saturated carbocycles. The lowest BCUT2D eigenvalue weighted by molar-refractivity contribution is -0.115. The van der Waals surface area contributed by atoms with Gasteiger partial charge < -0.3 is 10.1 Å². The summed E-state index contributed by atoms with van der Waals surface area (Å²) in [4.78, 5) is 20.9. The Bertz CT molecular complexity index is 843. The van der Waals surface area contributed by atoms with Gasteiger partial charge >= 0.3 is 0 Å². The molecule has 1 N–H and O–H groups in total. The molecule has 0 aliphatic carbocycles. The molecule has 1 aromatic carbocycles. The van der Waals surface area contributed by atoms with Gasteiger partial charge in [0.05, 0.1) is 19.2 Å². The zero-order valence-electron chi connectivity index (χ0n) is 13.4. The van der Waals surface area contributed by atoms with Crippen molar-refractivity contribution in [3.8, 4) is 16.3 Å². The highest BCUT2D eigenvalue weighted by Crippen LogP contribution is 2.25. The third kappa shape index (κ3) is 3.97. The molecule has 3 rings (SSSR count). The van der Waals surface area contributed by atoms with E-state index >= 15 is 0 Å². The fourth-order valence-corrected chi connectivity index (χ4v) is 3.04. The van der Waals surface area contributed by atoms with Crippen molar-refractivity contribution in [3.63, 3.8) is 0 Å². The fourth-order valence-electron chi connectivity index (χ4n) is 2.22.